The van der Waals surface area contributed by atoms with E-state index in [2.05, 4.69) is 60.7 Å². The van der Waals surface area contributed by atoms with E-state index in [4.69, 9.17) is 17.3 Å². The van der Waals surface area contributed by atoms with E-state index in [0.717, 1.165) is 17.0 Å². The lowest BCUT2D eigenvalue weighted by molar-refractivity contribution is 0.707. The summed E-state index contributed by atoms with van der Waals surface area (Å²) >= 11 is 6.20. The molecule has 25 heavy (non-hydrogen) atoms. The lowest BCUT2D eigenvalue weighted by Gasteiger charge is -2.16. The van der Waals surface area contributed by atoms with Crippen LogP contribution in [-0.4, -0.2) is 0 Å². The third kappa shape index (κ3) is 2.27. The van der Waals surface area contributed by atoms with Crippen molar-refractivity contribution >= 4 is 23.3 Å². The molecule has 0 aromatic heterocycles. The number of benzene rings is 3. The van der Waals surface area contributed by atoms with Crippen LogP contribution >= 0.6 is 11.6 Å². The van der Waals surface area contributed by atoms with Crippen LogP contribution in [0.4, 0.5) is 0 Å². The molecule has 2 aliphatic rings. The molecule has 2 aliphatic carbocycles. The first kappa shape index (κ1) is 14.9. The molecule has 0 heterocycles. The molecule has 5 rings (SSSR count). The molecular formula is C23H18ClN. The van der Waals surface area contributed by atoms with E-state index in [-0.39, 0.29) is 5.54 Å². The maximum absolute atomic E-state index is 6.81. The number of hydrogen-bond acceptors (Lipinski definition) is 1. The van der Waals surface area contributed by atoms with Gasteiger partial charge in [0.15, 0.2) is 0 Å². The molecule has 2 atom stereocenters. The van der Waals surface area contributed by atoms with Gasteiger partial charge in [0.05, 0.1) is 0 Å². The monoisotopic (exact) mass is 343 g/mol. The summed E-state index contributed by atoms with van der Waals surface area (Å²) in [6.45, 7) is 0. The van der Waals surface area contributed by atoms with Gasteiger partial charge in [0.2, 0.25) is 0 Å². The standard InChI is InChI=1S/C23H18ClN/c24-16-7-5-6-15(12-16)13-20-17-8-1-2-9-18(17)22-14-23(22,25)21-11-4-3-10-19(20)21/h1-13,22H,14,25H2/t22-,23-/m1/s1. The average molecular weight is 344 g/mol. The van der Waals surface area contributed by atoms with Gasteiger partial charge in [-0.15, -0.1) is 0 Å². The van der Waals surface area contributed by atoms with Gasteiger partial charge >= 0.3 is 0 Å². The Morgan fingerprint density at radius 2 is 1.68 bits per heavy atom. The Morgan fingerprint density at radius 3 is 2.52 bits per heavy atom. The van der Waals surface area contributed by atoms with Gasteiger partial charge in [0.25, 0.3) is 0 Å². The second-order valence-electron chi connectivity index (χ2n) is 7.04. The van der Waals surface area contributed by atoms with E-state index < -0.39 is 0 Å². The molecule has 3 aromatic carbocycles. The first-order valence-electron chi connectivity index (χ1n) is 8.62. The number of rotatable bonds is 1. The Balaban J connectivity index is 1.81. The molecule has 1 fully saturated rings. The number of hydrogen-bond donors (Lipinski definition) is 1. The van der Waals surface area contributed by atoms with Crippen LogP contribution < -0.4 is 5.73 Å². The SMILES string of the molecule is N[C@@]12C[C@@H]1c1ccccc1C(=Cc1cccc(Cl)c1)c1ccccc12. The molecule has 0 aliphatic heterocycles. The summed E-state index contributed by atoms with van der Waals surface area (Å²) in [6, 6.07) is 25.2. The molecule has 0 spiro atoms. The van der Waals surface area contributed by atoms with Crippen LogP contribution in [0, 0.1) is 0 Å². The fraction of sp³-hybridized carbons (Fsp3) is 0.130. The van der Waals surface area contributed by atoms with Crippen molar-refractivity contribution in [3.8, 4) is 0 Å². The molecule has 3 aromatic rings. The molecule has 1 saturated carbocycles. The molecule has 0 bridgehead atoms. The third-order valence-corrected chi connectivity index (χ3v) is 5.74. The minimum absolute atomic E-state index is 0.239. The zero-order valence-electron chi connectivity index (χ0n) is 13.7. The summed E-state index contributed by atoms with van der Waals surface area (Å²) in [5.41, 5.74) is 14.0. The lowest BCUT2D eigenvalue weighted by Crippen LogP contribution is -2.22. The molecule has 0 unspecified atom stereocenters. The quantitative estimate of drug-likeness (QED) is 0.613. The van der Waals surface area contributed by atoms with Crippen molar-refractivity contribution in [2.75, 3.05) is 0 Å². The van der Waals surface area contributed by atoms with E-state index in [9.17, 15) is 0 Å². The second-order valence-corrected chi connectivity index (χ2v) is 7.48. The summed E-state index contributed by atoms with van der Waals surface area (Å²) in [7, 11) is 0. The highest BCUT2D eigenvalue weighted by atomic mass is 35.5. The molecule has 2 heteroatoms. The van der Waals surface area contributed by atoms with Crippen molar-refractivity contribution in [3.63, 3.8) is 0 Å². The van der Waals surface area contributed by atoms with E-state index in [1.165, 1.54) is 27.8 Å². The Kier molecular flexibility index (Phi) is 3.18. The summed E-state index contributed by atoms with van der Waals surface area (Å²) in [4.78, 5) is 0. The van der Waals surface area contributed by atoms with Gasteiger partial charge in [-0.05, 0) is 58.0 Å². The summed E-state index contributed by atoms with van der Waals surface area (Å²) in [6.07, 6.45) is 3.25. The fourth-order valence-electron chi connectivity index (χ4n) is 4.20. The van der Waals surface area contributed by atoms with Crippen molar-refractivity contribution in [2.45, 2.75) is 17.9 Å². The van der Waals surface area contributed by atoms with E-state index in [1.807, 2.05) is 18.2 Å². The van der Waals surface area contributed by atoms with E-state index in [0.29, 0.717) is 5.92 Å². The molecular weight excluding hydrogens is 326 g/mol. The van der Waals surface area contributed by atoms with Gasteiger partial charge in [-0.2, -0.15) is 0 Å². The van der Waals surface area contributed by atoms with Crippen LogP contribution in [0.2, 0.25) is 5.02 Å². The Morgan fingerprint density at radius 1 is 0.920 bits per heavy atom. The first-order valence-corrected chi connectivity index (χ1v) is 9.00. The number of fused-ring (bicyclic) bond motifs is 5. The van der Waals surface area contributed by atoms with Gasteiger partial charge in [0.1, 0.15) is 0 Å². The molecule has 122 valence electrons. The van der Waals surface area contributed by atoms with E-state index in [1.54, 1.807) is 0 Å². The first-order chi connectivity index (χ1) is 12.2. The summed E-state index contributed by atoms with van der Waals surface area (Å²) < 4.78 is 0. The van der Waals surface area contributed by atoms with E-state index >= 15 is 0 Å². The predicted octanol–water partition coefficient (Wildman–Crippen LogP) is 5.58. The van der Waals surface area contributed by atoms with Gasteiger partial charge in [-0.25, -0.2) is 0 Å². The highest BCUT2D eigenvalue weighted by Crippen LogP contribution is 2.61. The zero-order chi connectivity index (χ0) is 17.0. The fourth-order valence-corrected chi connectivity index (χ4v) is 4.40. The van der Waals surface area contributed by atoms with Crippen molar-refractivity contribution in [2.24, 2.45) is 5.73 Å². The molecule has 0 saturated heterocycles. The van der Waals surface area contributed by atoms with Crippen LogP contribution in [0.15, 0.2) is 72.8 Å². The smallest absolute Gasteiger partial charge is 0.0492 e. The Labute approximate surface area is 152 Å². The molecule has 2 N–H and O–H groups in total. The molecule has 1 nitrogen and oxygen atoms in total. The van der Waals surface area contributed by atoms with Crippen LogP contribution in [0.5, 0.6) is 0 Å². The lowest BCUT2D eigenvalue weighted by atomic mass is 9.90. The minimum atomic E-state index is -0.239. The topological polar surface area (TPSA) is 26.0 Å². The summed E-state index contributed by atoms with van der Waals surface area (Å²) in [5, 5.41) is 0.752. The van der Waals surface area contributed by atoms with Gasteiger partial charge in [-0.3, -0.25) is 0 Å². The molecule has 0 radical (unpaired) electrons. The normalized spacial score (nSPS) is 24.9. The highest BCUT2D eigenvalue weighted by Gasteiger charge is 2.56. The maximum Gasteiger partial charge on any atom is 0.0492 e. The van der Waals surface area contributed by atoms with Crippen LogP contribution in [0.1, 0.15) is 40.2 Å². The van der Waals surface area contributed by atoms with Crippen molar-refractivity contribution in [1.82, 2.24) is 0 Å². The van der Waals surface area contributed by atoms with Crippen molar-refractivity contribution in [3.05, 3.63) is 106 Å². The maximum atomic E-state index is 6.81. The minimum Gasteiger partial charge on any atom is -0.321 e. The predicted molar refractivity (Wildman–Crippen MR) is 105 cm³/mol. The van der Waals surface area contributed by atoms with Gasteiger partial charge < -0.3 is 5.73 Å². The Bertz CT molecular complexity index is 1020. The van der Waals surface area contributed by atoms with Crippen molar-refractivity contribution < 1.29 is 0 Å². The van der Waals surface area contributed by atoms with Gasteiger partial charge in [-0.1, -0.05) is 72.3 Å². The third-order valence-electron chi connectivity index (χ3n) is 5.51. The molecule has 0 amide bonds. The van der Waals surface area contributed by atoms with Gasteiger partial charge in [0, 0.05) is 16.5 Å². The average Bonchev–Trinajstić information content (AvgIpc) is 3.33. The number of halogens is 1. The van der Waals surface area contributed by atoms with Crippen LogP contribution in [0.25, 0.3) is 11.6 Å². The second kappa shape index (κ2) is 5.32. The van der Waals surface area contributed by atoms with Crippen LogP contribution in [-0.2, 0) is 5.54 Å². The largest absolute Gasteiger partial charge is 0.321 e. The zero-order valence-corrected chi connectivity index (χ0v) is 14.5. The van der Waals surface area contributed by atoms with Crippen LogP contribution in [0.3, 0.4) is 0 Å². The summed E-state index contributed by atoms with van der Waals surface area (Å²) in [5.74, 6) is 0.398. The highest BCUT2D eigenvalue weighted by molar-refractivity contribution is 6.30. The Hall–Kier alpha value is -2.35. The number of nitrogens with two attached hydrogens (primary N) is 1. The van der Waals surface area contributed by atoms with Crippen molar-refractivity contribution in [1.29, 1.82) is 0 Å².